The molecule has 2 rings (SSSR count). The van der Waals surface area contributed by atoms with E-state index in [9.17, 15) is 0 Å². The van der Waals surface area contributed by atoms with Crippen LogP contribution in [0.15, 0.2) is 24.5 Å². The Bertz CT molecular complexity index is 352. The molecule has 106 valence electrons. The molecule has 1 N–H and O–H groups in total. The highest BCUT2D eigenvalue weighted by atomic mass is 15.1. The SMILES string of the molecule is CC1CCCCC1N(C)CCNCc1cccnc1. The molecule has 0 saturated heterocycles. The van der Waals surface area contributed by atoms with Crippen molar-refractivity contribution in [3.63, 3.8) is 0 Å². The predicted molar refractivity (Wildman–Crippen MR) is 80.0 cm³/mol. The first-order chi connectivity index (χ1) is 9.27. The van der Waals surface area contributed by atoms with E-state index in [1.165, 1.54) is 31.2 Å². The summed E-state index contributed by atoms with van der Waals surface area (Å²) >= 11 is 0. The van der Waals surface area contributed by atoms with E-state index in [4.69, 9.17) is 0 Å². The van der Waals surface area contributed by atoms with Crippen molar-refractivity contribution < 1.29 is 0 Å². The second-order valence-electron chi connectivity index (χ2n) is 5.85. The number of nitrogens with one attached hydrogen (secondary N) is 1. The molecule has 3 heteroatoms. The van der Waals surface area contributed by atoms with Gasteiger partial charge in [0.25, 0.3) is 0 Å². The van der Waals surface area contributed by atoms with Crippen molar-refractivity contribution in [1.29, 1.82) is 0 Å². The minimum atomic E-state index is 0.786. The Morgan fingerprint density at radius 1 is 1.37 bits per heavy atom. The second-order valence-corrected chi connectivity index (χ2v) is 5.85. The lowest BCUT2D eigenvalue weighted by Crippen LogP contribution is -2.42. The first kappa shape index (κ1) is 14.5. The molecular formula is C16H27N3. The van der Waals surface area contributed by atoms with E-state index < -0.39 is 0 Å². The van der Waals surface area contributed by atoms with E-state index in [2.05, 4.69) is 35.2 Å². The predicted octanol–water partition coefficient (Wildman–Crippen LogP) is 2.68. The summed E-state index contributed by atoms with van der Waals surface area (Å²) in [7, 11) is 2.28. The lowest BCUT2D eigenvalue weighted by Gasteiger charge is -2.36. The van der Waals surface area contributed by atoms with E-state index in [1.807, 2.05) is 18.5 Å². The molecule has 1 heterocycles. The van der Waals surface area contributed by atoms with Crippen LogP contribution in [0.2, 0.25) is 0 Å². The van der Waals surface area contributed by atoms with E-state index in [-0.39, 0.29) is 0 Å². The monoisotopic (exact) mass is 261 g/mol. The fourth-order valence-electron chi connectivity index (χ4n) is 3.11. The maximum atomic E-state index is 4.13. The molecule has 1 aliphatic carbocycles. The van der Waals surface area contributed by atoms with Crippen LogP contribution in [-0.2, 0) is 6.54 Å². The second kappa shape index (κ2) is 7.61. The molecule has 19 heavy (non-hydrogen) atoms. The molecule has 3 nitrogen and oxygen atoms in total. The summed E-state index contributed by atoms with van der Waals surface area (Å²) in [6.07, 6.45) is 9.35. The summed E-state index contributed by atoms with van der Waals surface area (Å²) in [5.74, 6) is 0.858. The van der Waals surface area contributed by atoms with Gasteiger partial charge in [0.15, 0.2) is 0 Å². The van der Waals surface area contributed by atoms with Crippen molar-refractivity contribution in [2.75, 3.05) is 20.1 Å². The average molecular weight is 261 g/mol. The van der Waals surface area contributed by atoms with Gasteiger partial charge in [-0.2, -0.15) is 0 Å². The largest absolute Gasteiger partial charge is 0.311 e. The van der Waals surface area contributed by atoms with E-state index in [0.717, 1.165) is 31.6 Å². The van der Waals surface area contributed by atoms with Crippen LogP contribution < -0.4 is 5.32 Å². The number of nitrogens with zero attached hydrogens (tertiary/aromatic N) is 2. The standard InChI is InChI=1S/C16H27N3/c1-14-6-3-4-8-16(14)19(2)11-10-18-13-15-7-5-9-17-12-15/h5,7,9,12,14,16,18H,3-4,6,8,10-11,13H2,1-2H3. The van der Waals surface area contributed by atoms with Gasteiger partial charge in [0.1, 0.15) is 0 Å². The lowest BCUT2D eigenvalue weighted by atomic mass is 9.85. The van der Waals surface area contributed by atoms with Gasteiger partial charge in [-0.3, -0.25) is 4.98 Å². The van der Waals surface area contributed by atoms with Gasteiger partial charge in [0.05, 0.1) is 0 Å². The lowest BCUT2D eigenvalue weighted by molar-refractivity contribution is 0.140. The molecule has 0 bridgehead atoms. The zero-order valence-electron chi connectivity index (χ0n) is 12.3. The molecule has 0 amide bonds. The van der Waals surface area contributed by atoms with Crippen LogP contribution in [0.5, 0.6) is 0 Å². The third kappa shape index (κ3) is 4.59. The highest BCUT2D eigenvalue weighted by Crippen LogP contribution is 2.26. The van der Waals surface area contributed by atoms with E-state index in [1.54, 1.807) is 0 Å². The van der Waals surface area contributed by atoms with E-state index >= 15 is 0 Å². The zero-order chi connectivity index (χ0) is 13.5. The van der Waals surface area contributed by atoms with Gasteiger partial charge in [0.2, 0.25) is 0 Å². The van der Waals surface area contributed by atoms with Gasteiger partial charge in [-0.25, -0.2) is 0 Å². The number of hydrogen-bond acceptors (Lipinski definition) is 3. The molecule has 2 atom stereocenters. The Kier molecular flexibility index (Phi) is 5.80. The molecule has 0 aliphatic heterocycles. The molecule has 1 aromatic rings. The van der Waals surface area contributed by atoms with Crippen molar-refractivity contribution in [3.8, 4) is 0 Å². The Hall–Kier alpha value is -0.930. The average Bonchev–Trinajstić information content (AvgIpc) is 2.45. The topological polar surface area (TPSA) is 28.2 Å². The number of likely N-dealkylation sites (N-methyl/N-ethyl adjacent to an activating group) is 1. The Balaban J connectivity index is 1.65. The normalized spacial score (nSPS) is 23.7. The Morgan fingerprint density at radius 3 is 2.95 bits per heavy atom. The van der Waals surface area contributed by atoms with Gasteiger partial charge in [-0.15, -0.1) is 0 Å². The first-order valence-electron chi connectivity index (χ1n) is 7.57. The van der Waals surface area contributed by atoms with Gasteiger partial charge < -0.3 is 10.2 Å². The molecule has 1 fully saturated rings. The van der Waals surface area contributed by atoms with Gasteiger partial charge >= 0.3 is 0 Å². The van der Waals surface area contributed by atoms with Crippen LogP contribution in [0.3, 0.4) is 0 Å². The number of hydrogen-bond donors (Lipinski definition) is 1. The van der Waals surface area contributed by atoms with E-state index in [0.29, 0.717) is 0 Å². The molecular weight excluding hydrogens is 234 g/mol. The highest BCUT2D eigenvalue weighted by molar-refractivity contribution is 5.07. The summed E-state index contributed by atoms with van der Waals surface area (Å²) in [6, 6.07) is 4.90. The van der Waals surface area contributed by atoms with Crippen LogP contribution in [0.25, 0.3) is 0 Å². The fourth-order valence-corrected chi connectivity index (χ4v) is 3.11. The fraction of sp³-hybridized carbons (Fsp3) is 0.688. The van der Waals surface area contributed by atoms with Crippen LogP contribution in [0.4, 0.5) is 0 Å². The van der Waals surface area contributed by atoms with Crippen LogP contribution in [-0.4, -0.2) is 36.1 Å². The summed E-state index contributed by atoms with van der Waals surface area (Å²) in [5, 5.41) is 3.50. The van der Waals surface area contributed by atoms with Crippen LogP contribution in [0, 0.1) is 5.92 Å². The molecule has 0 spiro atoms. The molecule has 0 aromatic carbocycles. The molecule has 1 aromatic heterocycles. The number of pyridine rings is 1. The van der Waals surface area contributed by atoms with Crippen LogP contribution >= 0.6 is 0 Å². The number of aromatic nitrogens is 1. The molecule has 0 radical (unpaired) electrons. The quantitative estimate of drug-likeness (QED) is 0.798. The highest BCUT2D eigenvalue weighted by Gasteiger charge is 2.24. The maximum absolute atomic E-state index is 4.13. The van der Waals surface area contributed by atoms with Crippen LogP contribution in [0.1, 0.15) is 38.2 Å². The van der Waals surface area contributed by atoms with Crippen molar-refractivity contribution in [1.82, 2.24) is 15.2 Å². The van der Waals surface area contributed by atoms with Crippen molar-refractivity contribution in [3.05, 3.63) is 30.1 Å². The third-order valence-electron chi connectivity index (χ3n) is 4.33. The van der Waals surface area contributed by atoms with Crippen molar-refractivity contribution >= 4 is 0 Å². The van der Waals surface area contributed by atoms with Gasteiger partial charge in [0, 0.05) is 38.1 Å². The summed E-state index contributed by atoms with van der Waals surface area (Å²) in [5.41, 5.74) is 1.26. The van der Waals surface area contributed by atoms with Crippen molar-refractivity contribution in [2.24, 2.45) is 5.92 Å². The third-order valence-corrected chi connectivity index (χ3v) is 4.33. The summed E-state index contributed by atoms with van der Waals surface area (Å²) in [4.78, 5) is 6.67. The van der Waals surface area contributed by atoms with Crippen molar-refractivity contribution in [2.45, 2.75) is 45.2 Å². The molecule has 2 unspecified atom stereocenters. The molecule has 1 saturated carbocycles. The number of rotatable bonds is 6. The van der Waals surface area contributed by atoms with Gasteiger partial charge in [-0.1, -0.05) is 25.8 Å². The zero-order valence-corrected chi connectivity index (χ0v) is 12.3. The minimum Gasteiger partial charge on any atom is -0.311 e. The summed E-state index contributed by atoms with van der Waals surface area (Å²) in [6.45, 7) is 5.51. The first-order valence-corrected chi connectivity index (χ1v) is 7.57. The Morgan fingerprint density at radius 2 is 2.21 bits per heavy atom. The Labute approximate surface area is 117 Å². The minimum absolute atomic E-state index is 0.786. The summed E-state index contributed by atoms with van der Waals surface area (Å²) < 4.78 is 0. The molecule has 1 aliphatic rings. The maximum Gasteiger partial charge on any atom is 0.0312 e. The van der Waals surface area contributed by atoms with Gasteiger partial charge in [-0.05, 0) is 37.4 Å². The smallest absolute Gasteiger partial charge is 0.0312 e.